The second-order valence-corrected chi connectivity index (χ2v) is 5.48. The van der Waals surface area contributed by atoms with Crippen LogP contribution >= 0.6 is 0 Å². The van der Waals surface area contributed by atoms with Crippen molar-refractivity contribution >= 4 is 6.09 Å². The van der Waals surface area contributed by atoms with Gasteiger partial charge in [-0.2, -0.15) is 0 Å². The Labute approximate surface area is 121 Å². The van der Waals surface area contributed by atoms with Gasteiger partial charge >= 0.3 is 6.09 Å². The summed E-state index contributed by atoms with van der Waals surface area (Å²) in [5.74, 6) is 0. The molecule has 109 valence electrons. The summed E-state index contributed by atoms with van der Waals surface area (Å²) in [6.45, 7) is 0.462. The monoisotopic (exact) mass is 274 g/mol. The van der Waals surface area contributed by atoms with Crippen LogP contribution in [0.4, 0.5) is 4.79 Å². The number of hydrogen-bond donors (Lipinski definition) is 0. The number of aryl methyl sites for hydroxylation is 1. The average Bonchev–Trinajstić information content (AvgIpc) is 2.73. The van der Waals surface area contributed by atoms with Crippen molar-refractivity contribution in [2.24, 2.45) is 0 Å². The summed E-state index contributed by atoms with van der Waals surface area (Å²) in [6.07, 6.45) is 8.44. The summed E-state index contributed by atoms with van der Waals surface area (Å²) in [6, 6.07) is 10.5. The third-order valence-corrected chi connectivity index (χ3v) is 3.79. The van der Waals surface area contributed by atoms with Crippen LogP contribution in [0, 0.1) is 0 Å². The molecule has 3 nitrogen and oxygen atoms in total. The van der Waals surface area contributed by atoms with Crippen LogP contribution in [0.3, 0.4) is 0 Å². The number of carbonyl (C=O) groups is 1. The van der Waals surface area contributed by atoms with Crippen LogP contribution in [-0.4, -0.2) is 18.7 Å². The van der Waals surface area contributed by atoms with E-state index in [1.807, 2.05) is 18.2 Å². The second-order valence-electron chi connectivity index (χ2n) is 5.48. The fraction of sp³-hybridized carbons (Fsp3) is 0.588. The molecule has 1 radical (unpaired) electrons. The van der Waals surface area contributed by atoms with Gasteiger partial charge in [-0.3, -0.25) is 0 Å². The highest BCUT2D eigenvalue weighted by Crippen LogP contribution is 2.18. The molecular weight excluding hydrogens is 250 g/mol. The first-order valence-corrected chi connectivity index (χ1v) is 7.76. The molecule has 1 saturated carbocycles. The summed E-state index contributed by atoms with van der Waals surface area (Å²) in [5.41, 5.74) is 1.28. The zero-order valence-corrected chi connectivity index (χ0v) is 12.1. The van der Waals surface area contributed by atoms with Crippen molar-refractivity contribution in [1.29, 1.82) is 0 Å². The summed E-state index contributed by atoms with van der Waals surface area (Å²) >= 11 is 0. The summed E-state index contributed by atoms with van der Waals surface area (Å²) in [4.78, 5) is 11.6. The molecule has 0 saturated heterocycles. The highest BCUT2D eigenvalue weighted by atomic mass is 16.5. The molecule has 0 unspecified atom stereocenters. The first-order chi connectivity index (χ1) is 9.84. The van der Waals surface area contributed by atoms with E-state index in [4.69, 9.17) is 4.74 Å². The van der Waals surface area contributed by atoms with Crippen molar-refractivity contribution in [3.63, 3.8) is 0 Å². The summed E-state index contributed by atoms with van der Waals surface area (Å²) < 4.78 is 5.20. The Hall–Kier alpha value is -1.51. The predicted molar refractivity (Wildman–Crippen MR) is 79.7 cm³/mol. The Balaban J connectivity index is 1.58. The lowest BCUT2D eigenvalue weighted by Crippen LogP contribution is -2.28. The van der Waals surface area contributed by atoms with Gasteiger partial charge < -0.3 is 4.74 Å². The number of rotatable bonds is 5. The third kappa shape index (κ3) is 5.64. The van der Waals surface area contributed by atoms with Crippen molar-refractivity contribution in [2.75, 3.05) is 6.61 Å². The maximum absolute atomic E-state index is 11.6. The second kappa shape index (κ2) is 8.62. The number of carbonyl (C=O) groups excluding carboxylic acids is 1. The maximum atomic E-state index is 11.6. The lowest BCUT2D eigenvalue weighted by atomic mass is 10.1. The first kappa shape index (κ1) is 14.9. The van der Waals surface area contributed by atoms with Gasteiger partial charge in [-0.25, -0.2) is 10.1 Å². The van der Waals surface area contributed by atoms with Gasteiger partial charge in [-0.05, 0) is 31.2 Å². The molecule has 3 heteroatoms. The topological polar surface area (TPSA) is 40.4 Å². The van der Waals surface area contributed by atoms with Crippen LogP contribution in [0.2, 0.25) is 0 Å². The third-order valence-electron chi connectivity index (χ3n) is 3.79. The van der Waals surface area contributed by atoms with Gasteiger partial charge in [-0.15, -0.1) is 0 Å². The van der Waals surface area contributed by atoms with Crippen molar-refractivity contribution < 1.29 is 9.53 Å². The van der Waals surface area contributed by atoms with E-state index < -0.39 is 0 Å². The minimum absolute atomic E-state index is 0.194. The lowest BCUT2D eigenvalue weighted by molar-refractivity contribution is 0.138. The van der Waals surface area contributed by atoms with Gasteiger partial charge in [0.15, 0.2) is 0 Å². The molecule has 0 aliphatic heterocycles. The van der Waals surface area contributed by atoms with Gasteiger partial charge in [-0.1, -0.05) is 56.0 Å². The van der Waals surface area contributed by atoms with Gasteiger partial charge in [0, 0.05) is 0 Å². The van der Waals surface area contributed by atoms with E-state index in [1.165, 1.54) is 31.2 Å². The Bertz CT molecular complexity index is 383. The number of ether oxygens (including phenoxy) is 1. The molecule has 1 aromatic carbocycles. The van der Waals surface area contributed by atoms with Crippen molar-refractivity contribution in [3.8, 4) is 0 Å². The Morgan fingerprint density at radius 1 is 1.10 bits per heavy atom. The summed E-state index contributed by atoms with van der Waals surface area (Å²) in [7, 11) is 0. The Morgan fingerprint density at radius 3 is 2.50 bits per heavy atom. The Morgan fingerprint density at radius 2 is 1.80 bits per heavy atom. The van der Waals surface area contributed by atoms with Crippen molar-refractivity contribution in [3.05, 3.63) is 35.9 Å². The standard InChI is InChI=1S/C17H24NO2/c19-17(18-16-12-6-1-2-7-13-16)20-14-8-11-15-9-4-3-5-10-15/h3-5,9-10,16H,1-2,6-8,11-14H2. The lowest BCUT2D eigenvalue weighted by Gasteiger charge is -2.13. The fourth-order valence-corrected chi connectivity index (χ4v) is 2.65. The fourth-order valence-electron chi connectivity index (χ4n) is 2.65. The molecule has 1 fully saturated rings. The quantitative estimate of drug-likeness (QED) is 0.599. The van der Waals surface area contributed by atoms with Gasteiger partial charge in [0.05, 0.1) is 12.6 Å². The van der Waals surface area contributed by atoms with E-state index in [1.54, 1.807) is 0 Å². The van der Waals surface area contributed by atoms with Crippen LogP contribution in [-0.2, 0) is 11.2 Å². The number of nitrogens with zero attached hydrogens (tertiary/aromatic N) is 1. The average molecular weight is 274 g/mol. The van der Waals surface area contributed by atoms with Gasteiger partial charge in [0.2, 0.25) is 0 Å². The van der Waals surface area contributed by atoms with Crippen molar-refractivity contribution in [2.45, 2.75) is 57.4 Å². The molecule has 1 aromatic rings. The number of benzene rings is 1. The maximum Gasteiger partial charge on any atom is 0.429 e. The first-order valence-electron chi connectivity index (χ1n) is 7.76. The van der Waals surface area contributed by atoms with Crippen LogP contribution in [0.1, 0.15) is 50.5 Å². The van der Waals surface area contributed by atoms with Crippen molar-refractivity contribution in [1.82, 2.24) is 5.32 Å². The van der Waals surface area contributed by atoms with Crippen LogP contribution in [0.15, 0.2) is 30.3 Å². The minimum Gasteiger partial charge on any atom is -0.448 e. The smallest absolute Gasteiger partial charge is 0.429 e. The molecule has 1 aliphatic carbocycles. The molecule has 0 heterocycles. The van der Waals surface area contributed by atoms with Gasteiger partial charge in [0.1, 0.15) is 0 Å². The summed E-state index contributed by atoms with van der Waals surface area (Å²) in [5, 5.41) is 4.18. The minimum atomic E-state index is -0.370. The largest absolute Gasteiger partial charge is 0.448 e. The van der Waals surface area contributed by atoms with Crippen LogP contribution < -0.4 is 5.32 Å². The van der Waals surface area contributed by atoms with E-state index in [0.29, 0.717) is 6.61 Å². The van der Waals surface area contributed by atoms with Crippen LogP contribution in [0.25, 0.3) is 0 Å². The van der Waals surface area contributed by atoms with E-state index in [9.17, 15) is 4.79 Å². The molecule has 1 aliphatic rings. The van der Waals surface area contributed by atoms with Gasteiger partial charge in [0.25, 0.3) is 0 Å². The van der Waals surface area contributed by atoms with E-state index in [-0.39, 0.29) is 12.1 Å². The molecule has 2 rings (SSSR count). The Kier molecular flexibility index (Phi) is 6.42. The molecule has 1 amide bonds. The highest BCUT2D eigenvalue weighted by molar-refractivity contribution is 5.67. The molecule has 20 heavy (non-hydrogen) atoms. The zero-order chi connectivity index (χ0) is 14.0. The number of amides is 1. The molecular formula is C17H24NO2. The highest BCUT2D eigenvalue weighted by Gasteiger charge is 2.17. The molecule has 0 bridgehead atoms. The van der Waals surface area contributed by atoms with E-state index in [2.05, 4.69) is 17.4 Å². The molecule has 0 aromatic heterocycles. The predicted octanol–water partition coefficient (Wildman–Crippen LogP) is 4.08. The zero-order valence-electron chi connectivity index (χ0n) is 12.1. The van der Waals surface area contributed by atoms with Crippen LogP contribution in [0.5, 0.6) is 0 Å². The molecule has 0 spiro atoms. The molecule has 0 N–H and O–H groups in total. The molecule has 0 atom stereocenters. The van der Waals surface area contributed by atoms with E-state index in [0.717, 1.165) is 25.7 Å². The van der Waals surface area contributed by atoms with E-state index >= 15 is 0 Å². The normalized spacial score (nSPS) is 16.4. The number of hydrogen-bond acceptors (Lipinski definition) is 2. The SMILES string of the molecule is O=C([N]C1CCCCCC1)OCCCc1ccccc1.